The largest absolute Gasteiger partial charge is 0.573 e. The number of para-hydroxylation sites is 1. The highest BCUT2D eigenvalue weighted by Crippen LogP contribution is 2.30. The van der Waals surface area contributed by atoms with E-state index in [1.54, 1.807) is 36.4 Å². The average Bonchev–Trinajstić information content (AvgIpc) is 3.34. The fourth-order valence-corrected chi connectivity index (χ4v) is 3.05. The van der Waals surface area contributed by atoms with Gasteiger partial charge in [-0.05, 0) is 30.7 Å². The summed E-state index contributed by atoms with van der Waals surface area (Å²) in [6.07, 6.45) is -3.29. The number of alkyl halides is 3. The molecular formula is C22H21F3N4O3. The number of hydrogen-bond acceptors (Lipinski definition) is 4. The number of aromatic nitrogens is 2. The summed E-state index contributed by atoms with van der Waals surface area (Å²) < 4.78 is 42.8. The van der Waals surface area contributed by atoms with E-state index in [2.05, 4.69) is 20.5 Å². The second-order valence-electron chi connectivity index (χ2n) is 6.98. The number of nitrogens with one attached hydrogen (secondary N) is 2. The highest BCUT2D eigenvalue weighted by atomic mass is 19.4. The predicted octanol–water partition coefficient (Wildman–Crippen LogP) is 4.15. The van der Waals surface area contributed by atoms with Gasteiger partial charge in [-0.2, -0.15) is 0 Å². The molecular weight excluding hydrogens is 425 g/mol. The van der Waals surface area contributed by atoms with E-state index in [0.29, 0.717) is 23.4 Å². The van der Waals surface area contributed by atoms with Crippen LogP contribution in [-0.2, 0) is 9.59 Å². The van der Waals surface area contributed by atoms with E-state index < -0.39 is 6.36 Å². The summed E-state index contributed by atoms with van der Waals surface area (Å²) in [5.41, 5.74) is 1.65. The van der Waals surface area contributed by atoms with Crippen molar-refractivity contribution in [3.8, 4) is 22.7 Å². The van der Waals surface area contributed by atoms with Gasteiger partial charge in [0.25, 0.3) is 0 Å². The van der Waals surface area contributed by atoms with Crippen LogP contribution < -0.4 is 15.4 Å². The molecule has 2 heterocycles. The molecule has 1 fully saturated rings. The SMILES string of the molecule is C[C@@H]1CCNC1=O.O=CNc1cc(-c2cccc(OC(F)(F)F)c2)n(-c2ccccc2)n1. The Morgan fingerprint density at radius 3 is 2.47 bits per heavy atom. The molecule has 168 valence electrons. The lowest BCUT2D eigenvalue weighted by Crippen LogP contribution is -2.17. The lowest BCUT2D eigenvalue weighted by molar-refractivity contribution is -0.274. The highest BCUT2D eigenvalue weighted by Gasteiger charge is 2.31. The van der Waals surface area contributed by atoms with Gasteiger partial charge in [0, 0.05) is 24.1 Å². The van der Waals surface area contributed by atoms with Crippen LogP contribution in [0.25, 0.3) is 16.9 Å². The summed E-state index contributed by atoms with van der Waals surface area (Å²) >= 11 is 0. The van der Waals surface area contributed by atoms with Crippen molar-refractivity contribution in [2.45, 2.75) is 19.7 Å². The number of halogens is 3. The quantitative estimate of drug-likeness (QED) is 0.577. The number of benzene rings is 2. The maximum atomic E-state index is 12.4. The summed E-state index contributed by atoms with van der Waals surface area (Å²) in [4.78, 5) is 21.1. The Morgan fingerprint density at radius 2 is 1.91 bits per heavy atom. The molecule has 0 aliphatic carbocycles. The van der Waals surface area contributed by atoms with Crippen molar-refractivity contribution in [3.05, 3.63) is 60.7 Å². The molecule has 2 N–H and O–H groups in total. The van der Waals surface area contributed by atoms with Crippen LogP contribution in [0.5, 0.6) is 5.75 Å². The van der Waals surface area contributed by atoms with Crippen LogP contribution in [-0.4, -0.2) is 35.0 Å². The number of carbonyl (C=O) groups is 2. The molecule has 0 spiro atoms. The Hall–Kier alpha value is -3.82. The van der Waals surface area contributed by atoms with Crippen LogP contribution in [0.2, 0.25) is 0 Å². The third-order valence-electron chi connectivity index (χ3n) is 4.60. The van der Waals surface area contributed by atoms with E-state index in [0.717, 1.165) is 13.0 Å². The highest BCUT2D eigenvalue weighted by molar-refractivity contribution is 5.80. The molecule has 1 aromatic heterocycles. The maximum absolute atomic E-state index is 12.4. The van der Waals surface area contributed by atoms with E-state index in [1.807, 2.05) is 13.0 Å². The molecule has 32 heavy (non-hydrogen) atoms. The Bertz CT molecular complexity index is 1070. The van der Waals surface area contributed by atoms with Crippen LogP contribution >= 0.6 is 0 Å². The van der Waals surface area contributed by atoms with E-state index in [9.17, 15) is 22.8 Å². The van der Waals surface area contributed by atoms with Crippen LogP contribution in [0, 0.1) is 5.92 Å². The molecule has 0 bridgehead atoms. The minimum Gasteiger partial charge on any atom is -0.406 e. The van der Waals surface area contributed by atoms with Gasteiger partial charge in [-0.15, -0.1) is 18.3 Å². The first-order valence-electron chi connectivity index (χ1n) is 9.76. The van der Waals surface area contributed by atoms with Gasteiger partial charge in [0.2, 0.25) is 12.3 Å². The lowest BCUT2D eigenvalue weighted by Gasteiger charge is -2.11. The number of rotatable bonds is 5. The maximum Gasteiger partial charge on any atom is 0.573 e. The smallest absolute Gasteiger partial charge is 0.406 e. The number of amides is 2. The van der Waals surface area contributed by atoms with Gasteiger partial charge >= 0.3 is 6.36 Å². The first kappa shape index (κ1) is 22.9. The van der Waals surface area contributed by atoms with Crippen molar-refractivity contribution in [2.24, 2.45) is 5.92 Å². The van der Waals surface area contributed by atoms with E-state index in [1.165, 1.54) is 22.9 Å². The standard InChI is InChI=1S/C17H12F3N3O2.C5H9NO/c18-17(19,20)25-14-8-4-5-12(9-14)15-10-16(21-11-24)22-23(15)13-6-2-1-3-7-13;1-4-2-3-6-5(4)7/h1-11H,(H,21,22,24);4H,2-3H2,1H3,(H,6,7)/t;4-/m.1/s1. The second-order valence-corrected chi connectivity index (χ2v) is 6.98. The van der Waals surface area contributed by atoms with Crippen molar-refractivity contribution < 1.29 is 27.5 Å². The predicted molar refractivity (Wildman–Crippen MR) is 112 cm³/mol. The zero-order chi connectivity index (χ0) is 23.1. The van der Waals surface area contributed by atoms with Crippen molar-refractivity contribution >= 4 is 18.1 Å². The van der Waals surface area contributed by atoms with Crippen LogP contribution in [0.4, 0.5) is 19.0 Å². The van der Waals surface area contributed by atoms with E-state index in [4.69, 9.17) is 0 Å². The van der Waals surface area contributed by atoms with E-state index in [-0.39, 0.29) is 23.4 Å². The Kier molecular flexibility index (Phi) is 7.14. The molecule has 1 aliphatic rings. The van der Waals surface area contributed by atoms with Crippen molar-refractivity contribution in [2.75, 3.05) is 11.9 Å². The number of nitrogens with zero attached hydrogens (tertiary/aromatic N) is 2. The molecule has 1 aliphatic heterocycles. The number of carbonyl (C=O) groups excluding carboxylic acids is 2. The topological polar surface area (TPSA) is 85.3 Å². The van der Waals surface area contributed by atoms with E-state index >= 15 is 0 Å². The van der Waals surface area contributed by atoms with Gasteiger partial charge in [-0.1, -0.05) is 37.3 Å². The average molecular weight is 446 g/mol. The van der Waals surface area contributed by atoms with Gasteiger partial charge in [-0.3, -0.25) is 9.59 Å². The van der Waals surface area contributed by atoms with Crippen LogP contribution in [0.15, 0.2) is 60.7 Å². The van der Waals surface area contributed by atoms with Crippen molar-refractivity contribution in [1.82, 2.24) is 15.1 Å². The van der Waals surface area contributed by atoms with Gasteiger partial charge in [0.15, 0.2) is 5.82 Å². The first-order chi connectivity index (χ1) is 15.3. The number of hydrogen-bond donors (Lipinski definition) is 2. The molecule has 0 saturated carbocycles. The molecule has 7 nitrogen and oxygen atoms in total. The summed E-state index contributed by atoms with van der Waals surface area (Å²) in [5.74, 6) is 0.409. The summed E-state index contributed by atoms with van der Waals surface area (Å²) in [5, 5.41) is 9.43. The summed E-state index contributed by atoms with van der Waals surface area (Å²) in [6.45, 7) is 2.82. The first-order valence-corrected chi connectivity index (χ1v) is 9.76. The molecule has 1 atom stereocenters. The molecule has 1 saturated heterocycles. The molecule has 0 unspecified atom stereocenters. The molecule has 3 aromatic rings. The Balaban J connectivity index is 0.000000352. The Labute approximate surface area is 182 Å². The molecule has 2 aromatic carbocycles. The number of anilines is 1. The molecule has 0 radical (unpaired) electrons. The summed E-state index contributed by atoms with van der Waals surface area (Å²) in [6, 6.07) is 16.1. The Morgan fingerprint density at radius 1 is 1.16 bits per heavy atom. The normalized spacial score (nSPS) is 15.4. The monoisotopic (exact) mass is 446 g/mol. The zero-order valence-corrected chi connectivity index (χ0v) is 17.1. The van der Waals surface area contributed by atoms with Crippen molar-refractivity contribution in [3.63, 3.8) is 0 Å². The fourth-order valence-electron chi connectivity index (χ4n) is 3.05. The van der Waals surface area contributed by atoms with Crippen LogP contribution in [0.1, 0.15) is 13.3 Å². The van der Waals surface area contributed by atoms with Crippen LogP contribution in [0.3, 0.4) is 0 Å². The molecule has 4 rings (SSSR count). The fraction of sp³-hybridized carbons (Fsp3) is 0.227. The second kappa shape index (κ2) is 9.99. The molecule has 2 amide bonds. The minimum absolute atomic E-state index is 0.208. The van der Waals surface area contributed by atoms with Crippen molar-refractivity contribution in [1.29, 1.82) is 0 Å². The third-order valence-corrected chi connectivity index (χ3v) is 4.60. The summed E-state index contributed by atoms with van der Waals surface area (Å²) in [7, 11) is 0. The van der Waals surface area contributed by atoms with Gasteiger partial charge in [-0.25, -0.2) is 4.68 Å². The zero-order valence-electron chi connectivity index (χ0n) is 17.1. The minimum atomic E-state index is -4.78. The molecule has 10 heteroatoms. The third kappa shape index (κ3) is 6.10. The number of ether oxygens (including phenoxy) is 1. The van der Waals surface area contributed by atoms with Gasteiger partial charge in [0.1, 0.15) is 5.75 Å². The van der Waals surface area contributed by atoms with Gasteiger partial charge in [0.05, 0.1) is 11.4 Å². The van der Waals surface area contributed by atoms with Gasteiger partial charge < -0.3 is 15.4 Å². The lowest BCUT2D eigenvalue weighted by atomic mass is 10.1.